The topological polar surface area (TPSA) is 45.5 Å². The molecule has 126 valence electrons. The molecule has 2 aliphatic rings. The van der Waals surface area contributed by atoms with Gasteiger partial charge in [0, 0.05) is 38.4 Å². The first kappa shape index (κ1) is 16.2. The summed E-state index contributed by atoms with van der Waals surface area (Å²) in [5, 5.41) is 0. The summed E-state index contributed by atoms with van der Waals surface area (Å²) >= 11 is 0. The number of anilines is 1. The largest absolute Gasteiger partial charge is 0.317 e. The highest BCUT2D eigenvalue weighted by Crippen LogP contribution is 2.43. The second-order valence-corrected chi connectivity index (χ2v) is 7.22. The minimum atomic E-state index is -0.199. The van der Waals surface area contributed by atoms with Gasteiger partial charge in [0.15, 0.2) is 0 Å². The summed E-state index contributed by atoms with van der Waals surface area (Å²) in [5.74, 6) is 0.226. The molecule has 3 rings (SSSR count). The van der Waals surface area contributed by atoms with E-state index in [4.69, 9.17) is 0 Å². The van der Waals surface area contributed by atoms with Gasteiger partial charge >= 0.3 is 0 Å². The van der Waals surface area contributed by atoms with Crippen LogP contribution in [0.1, 0.15) is 39.5 Å². The second-order valence-electron chi connectivity index (χ2n) is 7.22. The molecule has 0 bridgehead atoms. The highest BCUT2D eigenvalue weighted by molar-refractivity contribution is 6.04. The number of nitrogens with zero attached hydrogens (tertiary/aromatic N) is 3. The van der Waals surface area contributed by atoms with Gasteiger partial charge in [-0.15, -0.1) is 0 Å². The van der Waals surface area contributed by atoms with Crippen molar-refractivity contribution >= 4 is 11.6 Å². The summed E-state index contributed by atoms with van der Waals surface area (Å²) in [6.45, 7) is 7.26. The molecule has 23 heavy (non-hydrogen) atoms. The Morgan fingerprint density at radius 2 is 2.04 bits per heavy atom. The zero-order chi connectivity index (χ0) is 16.6. The first-order valence-electron chi connectivity index (χ1n) is 8.69. The highest BCUT2D eigenvalue weighted by Gasteiger charge is 2.54. The average Bonchev–Trinajstić information content (AvgIpc) is 2.55. The van der Waals surface area contributed by atoms with Gasteiger partial charge in [-0.2, -0.15) is 0 Å². The lowest BCUT2D eigenvalue weighted by molar-refractivity contribution is -0.140. The Kier molecular flexibility index (Phi) is 4.32. The fourth-order valence-corrected chi connectivity index (χ4v) is 4.03. The number of likely N-dealkylation sites (tertiary alicyclic amines) is 1. The van der Waals surface area contributed by atoms with Gasteiger partial charge in [0.05, 0.1) is 11.1 Å². The van der Waals surface area contributed by atoms with Gasteiger partial charge in [0.25, 0.3) is 0 Å². The molecule has 0 aliphatic carbocycles. The maximum absolute atomic E-state index is 12.9. The van der Waals surface area contributed by atoms with Crippen LogP contribution in [-0.4, -0.2) is 41.1 Å². The first-order valence-corrected chi connectivity index (χ1v) is 8.69. The molecule has 1 aromatic heterocycles. The van der Waals surface area contributed by atoms with Crippen LogP contribution in [-0.2, 0) is 11.8 Å². The van der Waals surface area contributed by atoms with E-state index in [1.807, 2.05) is 4.90 Å². The van der Waals surface area contributed by atoms with Crippen LogP contribution < -0.4 is 10.5 Å². The van der Waals surface area contributed by atoms with E-state index in [-0.39, 0.29) is 16.9 Å². The third-order valence-corrected chi connectivity index (χ3v) is 5.48. The van der Waals surface area contributed by atoms with Crippen molar-refractivity contribution in [3.05, 3.63) is 28.7 Å². The maximum Gasteiger partial charge on any atom is 0.250 e. The summed E-state index contributed by atoms with van der Waals surface area (Å²) in [4.78, 5) is 28.7. The van der Waals surface area contributed by atoms with Crippen LogP contribution in [0.2, 0.25) is 0 Å². The smallest absolute Gasteiger partial charge is 0.250 e. The number of aryl methyl sites for hydroxylation is 1. The summed E-state index contributed by atoms with van der Waals surface area (Å²) < 4.78 is 1.53. The molecule has 2 atom stereocenters. The van der Waals surface area contributed by atoms with Crippen LogP contribution in [0.4, 0.5) is 5.69 Å². The molecular formula is C18H27N3O2. The minimum absolute atomic E-state index is 0.0475. The van der Waals surface area contributed by atoms with Gasteiger partial charge in [-0.25, -0.2) is 0 Å². The van der Waals surface area contributed by atoms with Gasteiger partial charge in [-0.1, -0.05) is 13.3 Å². The summed E-state index contributed by atoms with van der Waals surface area (Å²) in [7, 11) is 1.72. The highest BCUT2D eigenvalue weighted by atomic mass is 16.2. The van der Waals surface area contributed by atoms with Crippen molar-refractivity contribution in [2.45, 2.75) is 45.6 Å². The van der Waals surface area contributed by atoms with Crippen LogP contribution in [0.5, 0.6) is 0 Å². The Morgan fingerprint density at radius 3 is 2.70 bits per heavy atom. The zero-order valence-corrected chi connectivity index (χ0v) is 14.4. The predicted molar refractivity (Wildman–Crippen MR) is 91.6 cm³/mol. The summed E-state index contributed by atoms with van der Waals surface area (Å²) in [5.41, 5.74) is 0.588. The molecule has 2 aliphatic heterocycles. The fraction of sp³-hybridized carbons (Fsp3) is 0.667. The number of hydrogen-bond donors (Lipinski definition) is 0. The number of carbonyl (C=O) groups is 1. The van der Waals surface area contributed by atoms with Crippen molar-refractivity contribution in [2.75, 3.05) is 24.5 Å². The van der Waals surface area contributed by atoms with Gasteiger partial charge < -0.3 is 9.47 Å². The number of aromatic nitrogens is 1. The van der Waals surface area contributed by atoms with Crippen molar-refractivity contribution in [3.8, 4) is 0 Å². The molecule has 5 heteroatoms. The maximum atomic E-state index is 12.9. The Labute approximate surface area is 137 Å². The van der Waals surface area contributed by atoms with Crippen LogP contribution in [0.25, 0.3) is 0 Å². The monoisotopic (exact) mass is 317 g/mol. The molecule has 0 N–H and O–H groups in total. The summed E-state index contributed by atoms with van der Waals surface area (Å²) in [6, 6.07) is 3.84. The SMILES string of the molecule is CCC[C@@H](C)N1CCC[C@]2(CN(c3ccc(=O)n(C)c3)C2=O)C1. The number of piperidine rings is 1. The molecule has 5 nitrogen and oxygen atoms in total. The van der Waals surface area contributed by atoms with Crippen molar-refractivity contribution in [1.82, 2.24) is 9.47 Å². The molecule has 0 unspecified atom stereocenters. The van der Waals surface area contributed by atoms with Crippen molar-refractivity contribution in [3.63, 3.8) is 0 Å². The molecule has 0 radical (unpaired) electrons. The van der Waals surface area contributed by atoms with E-state index in [0.29, 0.717) is 6.04 Å². The van der Waals surface area contributed by atoms with Crippen molar-refractivity contribution in [2.24, 2.45) is 12.5 Å². The normalized spacial score (nSPS) is 26.4. The van der Waals surface area contributed by atoms with Crippen LogP contribution in [0.15, 0.2) is 23.1 Å². The molecular weight excluding hydrogens is 290 g/mol. The number of amides is 1. The minimum Gasteiger partial charge on any atom is -0.317 e. The molecule has 1 amide bonds. The molecule has 0 aromatic carbocycles. The molecule has 3 heterocycles. The number of carbonyl (C=O) groups excluding carboxylic acids is 1. The van der Waals surface area contributed by atoms with Crippen molar-refractivity contribution < 1.29 is 4.79 Å². The molecule has 0 saturated carbocycles. The number of β-lactam (4-membered cyclic amide) rings is 1. The van der Waals surface area contributed by atoms with Crippen LogP contribution in [0, 0.1) is 5.41 Å². The third kappa shape index (κ3) is 2.82. The second kappa shape index (κ2) is 6.11. The van der Waals surface area contributed by atoms with E-state index in [1.54, 1.807) is 19.3 Å². The standard InChI is InChI=1S/C18H27N3O2/c1-4-6-14(2)20-10-5-9-18(12-20)13-21(17(18)23)15-7-8-16(22)19(3)11-15/h7-8,11,14H,4-6,9-10,12-13H2,1-3H3/t14-,18-/m1/s1. The average molecular weight is 317 g/mol. The Hall–Kier alpha value is -1.62. The lowest BCUT2D eigenvalue weighted by Gasteiger charge is -2.54. The van der Waals surface area contributed by atoms with E-state index >= 15 is 0 Å². The van der Waals surface area contributed by atoms with Crippen LogP contribution >= 0.6 is 0 Å². The third-order valence-electron chi connectivity index (χ3n) is 5.48. The Bertz CT molecular complexity index is 654. The number of pyridine rings is 1. The zero-order valence-electron chi connectivity index (χ0n) is 14.4. The van der Waals surface area contributed by atoms with Gasteiger partial charge in [-0.05, 0) is 38.8 Å². The van der Waals surface area contributed by atoms with E-state index in [1.165, 1.54) is 23.5 Å². The van der Waals surface area contributed by atoms with E-state index in [0.717, 1.165) is 38.2 Å². The Morgan fingerprint density at radius 1 is 1.26 bits per heavy atom. The van der Waals surface area contributed by atoms with Gasteiger partial charge in [0.2, 0.25) is 11.5 Å². The molecule has 2 fully saturated rings. The van der Waals surface area contributed by atoms with E-state index < -0.39 is 0 Å². The van der Waals surface area contributed by atoms with Crippen molar-refractivity contribution in [1.29, 1.82) is 0 Å². The summed E-state index contributed by atoms with van der Waals surface area (Å²) in [6.07, 6.45) is 6.22. The van der Waals surface area contributed by atoms with E-state index in [9.17, 15) is 9.59 Å². The quantitative estimate of drug-likeness (QED) is 0.798. The Balaban J connectivity index is 1.72. The van der Waals surface area contributed by atoms with Gasteiger partial charge in [-0.3, -0.25) is 14.5 Å². The van der Waals surface area contributed by atoms with Gasteiger partial charge in [0.1, 0.15) is 0 Å². The number of rotatable bonds is 4. The lowest BCUT2D eigenvalue weighted by Crippen LogP contribution is -2.68. The first-order chi connectivity index (χ1) is 11.0. The lowest BCUT2D eigenvalue weighted by atomic mass is 9.71. The molecule has 2 saturated heterocycles. The predicted octanol–water partition coefficient (Wildman–Crippen LogP) is 2.00. The molecule has 1 spiro atoms. The number of hydrogen-bond acceptors (Lipinski definition) is 3. The van der Waals surface area contributed by atoms with Crippen LogP contribution in [0.3, 0.4) is 0 Å². The molecule has 1 aromatic rings. The van der Waals surface area contributed by atoms with E-state index in [2.05, 4.69) is 18.7 Å². The fourth-order valence-electron chi connectivity index (χ4n) is 4.03.